The van der Waals surface area contributed by atoms with Gasteiger partial charge in [0.05, 0.1) is 0 Å². The van der Waals surface area contributed by atoms with Crippen molar-refractivity contribution in [1.29, 1.82) is 0 Å². The lowest BCUT2D eigenvalue weighted by Gasteiger charge is -2.32. The summed E-state index contributed by atoms with van der Waals surface area (Å²) in [4.78, 5) is 23.4. The summed E-state index contributed by atoms with van der Waals surface area (Å²) >= 11 is 0. The molecule has 4 rings (SSSR count). The van der Waals surface area contributed by atoms with Gasteiger partial charge in [-0.3, -0.25) is 4.79 Å². The molecular formula is C21H31N7O2. The molecule has 2 aliphatic rings. The first-order chi connectivity index (χ1) is 14.4. The number of fused-ring (bicyclic) bond motifs is 1. The minimum Gasteiger partial charge on any atom is -0.372 e. The van der Waals surface area contributed by atoms with Crippen LogP contribution in [0.15, 0.2) is 24.5 Å². The fourth-order valence-corrected chi connectivity index (χ4v) is 4.90. The van der Waals surface area contributed by atoms with E-state index in [1.807, 2.05) is 41.8 Å². The second-order valence-corrected chi connectivity index (χ2v) is 8.73. The third-order valence-electron chi connectivity index (χ3n) is 6.20. The number of nitrogens with zero attached hydrogens (tertiary/aromatic N) is 7. The summed E-state index contributed by atoms with van der Waals surface area (Å²) in [7, 11) is 6.14. The lowest BCUT2D eigenvalue weighted by Crippen LogP contribution is -2.43. The molecule has 2 fully saturated rings. The number of carbonyl (C=O) groups is 1. The minimum absolute atomic E-state index is 0.0331. The smallest absolute Gasteiger partial charge is 0.248 e. The molecule has 162 valence electrons. The number of anilines is 1. The number of hydrogen-bond acceptors (Lipinski definition) is 7. The number of hydrogen-bond donors (Lipinski definition) is 0. The maximum absolute atomic E-state index is 12.5. The maximum atomic E-state index is 12.5. The van der Waals surface area contributed by atoms with Gasteiger partial charge in [-0.25, -0.2) is 4.98 Å². The number of ether oxygens (including phenoxy) is 1. The van der Waals surface area contributed by atoms with E-state index in [9.17, 15) is 4.79 Å². The lowest BCUT2D eigenvalue weighted by atomic mass is 9.80. The second kappa shape index (κ2) is 8.31. The number of carbonyl (C=O) groups excluding carboxylic acids is 1. The molecule has 2 aromatic rings. The van der Waals surface area contributed by atoms with Crippen molar-refractivity contribution in [3.05, 3.63) is 24.5 Å². The summed E-state index contributed by atoms with van der Waals surface area (Å²) in [5.74, 6) is 2.18. The van der Waals surface area contributed by atoms with Crippen molar-refractivity contribution in [3.8, 4) is 11.5 Å². The number of imidazole rings is 1. The Morgan fingerprint density at radius 3 is 2.73 bits per heavy atom. The summed E-state index contributed by atoms with van der Waals surface area (Å²) in [5, 5.41) is 8.91. The molecular weight excluding hydrogens is 382 g/mol. The standard InChI is InChI=1S/C21H31N7O2/c1-5-30-12-19(29)28-11-16-10-27(14-21(16,15-28)13-25(2)3)18-7-6-17(23-24-18)20-22-8-9-26(20)4/h6-9,16H,5,10-15H2,1-4H3/t16-,21+/m0/s1. The van der Waals surface area contributed by atoms with Crippen LogP contribution in [0.5, 0.6) is 0 Å². The predicted molar refractivity (Wildman–Crippen MR) is 114 cm³/mol. The van der Waals surface area contributed by atoms with Crippen molar-refractivity contribution in [2.45, 2.75) is 6.92 Å². The maximum Gasteiger partial charge on any atom is 0.248 e. The fraction of sp³-hybridized carbons (Fsp3) is 0.619. The number of aromatic nitrogens is 4. The minimum atomic E-state index is 0.0331. The average molecular weight is 414 g/mol. The molecule has 9 heteroatoms. The van der Waals surface area contributed by atoms with Gasteiger partial charge in [0.2, 0.25) is 5.91 Å². The van der Waals surface area contributed by atoms with E-state index in [4.69, 9.17) is 4.74 Å². The molecule has 0 bridgehead atoms. The van der Waals surface area contributed by atoms with Gasteiger partial charge in [-0.2, -0.15) is 0 Å². The van der Waals surface area contributed by atoms with Gasteiger partial charge in [0, 0.05) is 70.1 Å². The Morgan fingerprint density at radius 2 is 2.10 bits per heavy atom. The van der Waals surface area contributed by atoms with Crippen LogP contribution in [0.1, 0.15) is 6.92 Å². The van der Waals surface area contributed by atoms with Gasteiger partial charge in [0.15, 0.2) is 11.6 Å². The van der Waals surface area contributed by atoms with Crippen LogP contribution in [0.25, 0.3) is 11.5 Å². The summed E-state index contributed by atoms with van der Waals surface area (Å²) in [6.45, 7) is 6.86. The Hall–Kier alpha value is -2.52. The molecule has 1 amide bonds. The summed E-state index contributed by atoms with van der Waals surface area (Å²) in [6, 6.07) is 4.01. The van der Waals surface area contributed by atoms with E-state index in [0.717, 1.165) is 50.1 Å². The first-order valence-electron chi connectivity index (χ1n) is 10.5. The van der Waals surface area contributed by atoms with Gasteiger partial charge in [0.1, 0.15) is 12.3 Å². The molecule has 0 N–H and O–H groups in total. The SMILES string of the molecule is CCOCC(=O)N1C[C@@H]2CN(c3ccc(-c4nccn4C)nn3)C[C@]2(CN(C)C)C1. The monoisotopic (exact) mass is 413 g/mol. The first-order valence-corrected chi connectivity index (χ1v) is 10.5. The van der Waals surface area contributed by atoms with E-state index in [2.05, 4.69) is 39.1 Å². The highest BCUT2D eigenvalue weighted by atomic mass is 16.5. The molecule has 0 unspecified atom stereocenters. The number of amides is 1. The molecule has 0 aliphatic carbocycles. The van der Waals surface area contributed by atoms with Crippen molar-refractivity contribution >= 4 is 11.7 Å². The van der Waals surface area contributed by atoms with Crippen molar-refractivity contribution in [3.63, 3.8) is 0 Å². The summed E-state index contributed by atoms with van der Waals surface area (Å²) in [5.41, 5.74) is 0.798. The van der Waals surface area contributed by atoms with Crippen LogP contribution in [0.3, 0.4) is 0 Å². The Morgan fingerprint density at radius 1 is 1.27 bits per heavy atom. The van der Waals surface area contributed by atoms with E-state index in [1.165, 1.54) is 0 Å². The lowest BCUT2D eigenvalue weighted by molar-refractivity contribution is -0.135. The Kier molecular flexibility index (Phi) is 5.75. The Balaban J connectivity index is 1.49. The van der Waals surface area contributed by atoms with Crippen LogP contribution in [0.4, 0.5) is 5.82 Å². The first kappa shape index (κ1) is 20.7. The molecule has 0 spiro atoms. The van der Waals surface area contributed by atoms with Crippen LogP contribution < -0.4 is 4.90 Å². The highest BCUT2D eigenvalue weighted by Gasteiger charge is 2.53. The molecule has 0 radical (unpaired) electrons. The molecule has 4 heterocycles. The van der Waals surface area contributed by atoms with E-state index in [1.54, 1.807) is 6.20 Å². The average Bonchev–Trinajstić information content (AvgIpc) is 3.37. The Labute approximate surface area is 177 Å². The van der Waals surface area contributed by atoms with Gasteiger partial charge >= 0.3 is 0 Å². The predicted octanol–water partition coefficient (Wildman–Crippen LogP) is 0.740. The van der Waals surface area contributed by atoms with Gasteiger partial charge in [-0.1, -0.05) is 0 Å². The van der Waals surface area contributed by atoms with Crippen LogP contribution in [0, 0.1) is 11.3 Å². The number of aryl methyl sites for hydroxylation is 1. The summed E-state index contributed by atoms with van der Waals surface area (Å²) < 4.78 is 7.28. The largest absolute Gasteiger partial charge is 0.372 e. The zero-order valence-corrected chi connectivity index (χ0v) is 18.3. The van der Waals surface area contributed by atoms with E-state index >= 15 is 0 Å². The number of likely N-dealkylation sites (tertiary alicyclic amines) is 1. The van der Waals surface area contributed by atoms with Crippen LogP contribution in [-0.4, -0.2) is 95.5 Å². The van der Waals surface area contributed by atoms with E-state index < -0.39 is 0 Å². The third kappa shape index (κ3) is 3.91. The van der Waals surface area contributed by atoms with Gasteiger partial charge in [-0.05, 0) is 33.2 Å². The van der Waals surface area contributed by atoms with Crippen molar-refractivity contribution < 1.29 is 9.53 Å². The van der Waals surface area contributed by atoms with Gasteiger partial charge in [-0.15, -0.1) is 10.2 Å². The topological polar surface area (TPSA) is 79.6 Å². The molecule has 2 atom stereocenters. The Bertz CT molecular complexity index is 882. The van der Waals surface area contributed by atoms with Crippen molar-refractivity contribution in [2.24, 2.45) is 18.4 Å². The quantitative estimate of drug-likeness (QED) is 0.662. The zero-order chi connectivity index (χ0) is 21.3. The molecule has 2 saturated heterocycles. The fourth-order valence-electron chi connectivity index (χ4n) is 4.90. The van der Waals surface area contributed by atoms with Gasteiger partial charge in [0.25, 0.3) is 0 Å². The molecule has 9 nitrogen and oxygen atoms in total. The molecule has 2 aromatic heterocycles. The second-order valence-electron chi connectivity index (χ2n) is 8.73. The van der Waals surface area contributed by atoms with E-state index in [-0.39, 0.29) is 17.9 Å². The van der Waals surface area contributed by atoms with Crippen molar-refractivity contribution in [1.82, 2.24) is 29.5 Å². The highest BCUT2D eigenvalue weighted by molar-refractivity contribution is 5.78. The third-order valence-corrected chi connectivity index (χ3v) is 6.20. The molecule has 0 saturated carbocycles. The van der Waals surface area contributed by atoms with Crippen molar-refractivity contribution in [2.75, 3.05) is 64.9 Å². The molecule has 30 heavy (non-hydrogen) atoms. The normalized spacial score (nSPS) is 23.4. The van der Waals surface area contributed by atoms with Gasteiger partial charge < -0.3 is 24.0 Å². The summed E-state index contributed by atoms with van der Waals surface area (Å²) in [6.07, 6.45) is 3.66. The number of rotatable bonds is 7. The zero-order valence-electron chi connectivity index (χ0n) is 18.3. The highest BCUT2D eigenvalue weighted by Crippen LogP contribution is 2.44. The molecule has 2 aliphatic heterocycles. The molecule has 0 aromatic carbocycles. The van der Waals surface area contributed by atoms with Crippen LogP contribution in [0.2, 0.25) is 0 Å². The van der Waals surface area contributed by atoms with E-state index in [0.29, 0.717) is 12.5 Å². The van der Waals surface area contributed by atoms with Crippen LogP contribution >= 0.6 is 0 Å². The van der Waals surface area contributed by atoms with Crippen LogP contribution in [-0.2, 0) is 16.6 Å².